The molecule has 5 nitrogen and oxygen atoms in total. The molecule has 2 N–H and O–H groups in total. The van der Waals surface area contributed by atoms with Gasteiger partial charge in [0.1, 0.15) is 11.4 Å². The number of phenols is 1. The average molecular weight is 407 g/mol. The van der Waals surface area contributed by atoms with E-state index in [9.17, 15) is 23.4 Å². The highest BCUT2D eigenvalue weighted by molar-refractivity contribution is 5.69. The van der Waals surface area contributed by atoms with Gasteiger partial charge in [-0.1, -0.05) is 0 Å². The number of fused-ring (bicyclic) bond motifs is 1. The molecule has 4 rings (SSSR count). The first-order valence-electron chi connectivity index (χ1n) is 9.76. The maximum Gasteiger partial charge on any atom is 0.416 e. The van der Waals surface area contributed by atoms with E-state index in [1.165, 1.54) is 6.07 Å². The van der Waals surface area contributed by atoms with Crippen molar-refractivity contribution in [1.82, 2.24) is 15.1 Å². The van der Waals surface area contributed by atoms with Gasteiger partial charge in [-0.3, -0.25) is 0 Å². The third kappa shape index (κ3) is 3.48. The van der Waals surface area contributed by atoms with Gasteiger partial charge in [0.2, 0.25) is 0 Å². The average Bonchev–Trinajstić information content (AvgIpc) is 2.98. The van der Waals surface area contributed by atoms with Gasteiger partial charge in [-0.2, -0.15) is 18.3 Å². The molecule has 1 aromatic heterocycles. The second kappa shape index (κ2) is 6.95. The minimum atomic E-state index is -4.53. The summed E-state index contributed by atoms with van der Waals surface area (Å²) in [6.07, 6.45) is -2.10. The standard InChI is InChI=1S/C21H24F3N3O2/c1-12-9-18(20(29)7-5-13-11-27(2)8-6-16(13)20)25-26-19(12)15-4-3-14(10-17(15)28)21(22,23)24/h3-4,9-10,13,16,28-29H,5-8,11H2,1-2H3. The first-order chi connectivity index (χ1) is 13.6. The molecule has 1 aromatic carbocycles. The van der Waals surface area contributed by atoms with Crippen LogP contribution in [0.3, 0.4) is 0 Å². The molecule has 1 saturated heterocycles. The quantitative estimate of drug-likeness (QED) is 0.794. The summed E-state index contributed by atoms with van der Waals surface area (Å²) in [4.78, 5) is 2.28. The van der Waals surface area contributed by atoms with Crippen molar-refractivity contribution in [2.75, 3.05) is 20.1 Å². The number of halogens is 3. The third-order valence-electron chi connectivity index (χ3n) is 6.45. The van der Waals surface area contributed by atoms with E-state index in [4.69, 9.17) is 0 Å². The number of piperidine rings is 1. The van der Waals surface area contributed by atoms with E-state index in [-0.39, 0.29) is 11.5 Å². The van der Waals surface area contributed by atoms with Crippen molar-refractivity contribution in [3.63, 3.8) is 0 Å². The molecule has 29 heavy (non-hydrogen) atoms. The van der Waals surface area contributed by atoms with Crippen LogP contribution in [0.1, 0.15) is 36.1 Å². The number of aliphatic hydroxyl groups is 1. The van der Waals surface area contributed by atoms with Crippen LogP contribution in [0.25, 0.3) is 11.3 Å². The lowest BCUT2D eigenvalue weighted by Crippen LogP contribution is -2.43. The molecule has 2 aliphatic rings. The fraction of sp³-hybridized carbons (Fsp3) is 0.524. The molecule has 3 atom stereocenters. The second-order valence-electron chi connectivity index (χ2n) is 8.37. The SMILES string of the molecule is Cc1cc(C2(O)CCC3CN(C)CCC32)nnc1-c1ccc(C(F)(F)F)cc1O. The summed E-state index contributed by atoms with van der Waals surface area (Å²) < 4.78 is 38.5. The zero-order valence-electron chi connectivity index (χ0n) is 16.4. The molecule has 0 amide bonds. The minimum absolute atomic E-state index is 0.123. The van der Waals surface area contributed by atoms with Crippen molar-refractivity contribution in [3.05, 3.63) is 41.1 Å². The van der Waals surface area contributed by atoms with Crippen molar-refractivity contribution in [2.45, 2.75) is 38.0 Å². The lowest BCUT2D eigenvalue weighted by Gasteiger charge is -2.38. The van der Waals surface area contributed by atoms with Crippen LogP contribution in [-0.2, 0) is 11.8 Å². The van der Waals surface area contributed by atoms with Gasteiger partial charge in [0.05, 0.1) is 17.0 Å². The zero-order chi connectivity index (χ0) is 21.0. The number of alkyl halides is 3. The Labute approximate surface area is 167 Å². The minimum Gasteiger partial charge on any atom is -0.507 e. The molecule has 1 aliphatic heterocycles. The molecular weight excluding hydrogens is 383 g/mol. The van der Waals surface area contributed by atoms with E-state index in [2.05, 4.69) is 22.1 Å². The lowest BCUT2D eigenvalue weighted by atomic mass is 9.78. The molecule has 2 heterocycles. The normalized spacial score (nSPS) is 27.8. The van der Waals surface area contributed by atoms with Gasteiger partial charge in [-0.15, -0.1) is 5.10 Å². The number of likely N-dealkylation sites (tertiary alicyclic amines) is 1. The molecule has 0 spiro atoms. The lowest BCUT2D eigenvalue weighted by molar-refractivity contribution is -0.137. The molecule has 8 heteroatoms. The Hall–Kier alpha value is -2.19. The molecule has 0 radical (unpaired) electrons. The van der Waals surface area contributed by atoms with Crippen LogP contribution in [0.4, 0.5) is 13.2 Å². The van der Waals surface area contributed by atoms with Gasteiger partial charge < -0.3 is 15.1 Å². The number of nitrogens with zero attached hydrogens (tertiary/aromatic N) is 3. The van der Waals surface area contributed by atoms with Crippen LogP contribution in [0, 0.1) is 18.8 Å². The van der Waals surface area contributed by atoms with Crippen LogP contribution < -0.4 is 0 Å². The van der Waals surface area contributed by atoms with E-state index in [1.54, 1.807) is 13.0 Å². The zero-order valence-corrected chi connectivity index (χ0v) is 16.4. The van der Waals surface area contributed by atoms with Gasteiger partial charge in [0.25, 0.3) is 0 Å². The molecule has 0 bridgehead atoms. The van der Waals surface area contributed by atoms with E-state index >= 15 is 0 Å². The summed E-state index contributed by atoms with van der Waals surface area (Å²) >= 11 is 0. The Morgan fingerprint density at radius 2 is 1.93 bits per heavy atom. The van der Waals surface area contributed by atoms with Crippen LogP contribution in [0.2, 0.25) is 0 Å². The highest BCUT2D eigenvalue weighted by atomic mass is 19.4. The highest BCUT2D eigenvalue weighted by Gasteiger charge is 2.51. The van der Waals surface area contributed by atoms with Crippen LogP contribution in [-0.4, -0.2) is 45.4 Å². The molecular formula is C21H24F3N3O2. The number of rotatable bonds is 2. The Morgan fingerprint density at radius 1 is 1.17 bits per heavy atom. The number of benzene rings is 1. The van der Waals surface area contributed by atoms with Crippen molar-refractivity contribution in [1.29, 1.82) is 0 Å². The summed E-state index contributed by atoms with van der Waals surface area (Å²) in [6.45, 7) is 3.64. The number of hydrogen-bond acceptors (Lipinski definition) is 5. The molecule has 1 saturated carbocycles. The van der Waals surface area contributed by atoms with Crippen molar-refractivity contribution in [3.8, 4) is 17.0 Å². The van der Waals surface area contributed by atoms with Crippen molar-refractivity contribution in [2.24, 2.45) is 11.8 Å². The van der Waals surface area contributed by atoms with Gasteiger partial charge >= 0.3 is 6.18 Å². The van der Waals surface area contributed by atoms with Gasteiger partial charge in [0, 0.05) is 12.1 Å². The van der Waals surface area contributed by atoms with Gasteiger partial charge in [-0.05, 0) is 81.4 Å². The third-order valence-corrected chi connectivity index (χ3v) is 6.45. The smallest absolute Gasteiger partial charge is 0.416 e. The number of hydrogen-bond donors (Lipinski definition) is 2. The monoisotopic (exact) mass is 407 g/mol. The van der Waals surface area contributed by atoms with Crippen LogP contribution in [0.5, 0.6) is 5.75 Å². The Morgan fingerprint density at radius 3 is 2.59 bits per heavy atom. The van der Waals surface area contributed by atoms with E-state index in [0.29, 0.717) is 35.4 Å². The van der Waals surface area contributed by atoms with Gasteiger partial charge in [-0.25, -0.2) is 0 Å². The summed E-state index contributed by atoms with van der Waals surface area (Å²) in [5.74, 6) is 0.0390. The number of aryl methyl sites for hydroxylation is 1. The second-order valence-corrected chi connectivity index (χ2v) is 8.37. The fourth-order valence-corrected chi connectivity index (χ4v) is 4.92. The first-order valence-corrected chi connectivity index (χ1v) is 9.76. The Balaban J connectivity index is 1.66. The maximum atomic E-state index is 12.8. The van der Waals surface area contributed by atoms with E-state index in [0.717, 1.165) is 32.0 Å². The molecule has 156 valence electrons. The molecule has 2 aromatic rings. The number of aromatic hydroxyl groups is 1. The van der Waals surface area contributed by atoms with Crippen LogP contribution in [0.15, 0.2) is 24.3 Å². The van der Waals surface area contributed by atoms with Crippen molar-refractivity contribution < 1.29 is 23.4 Å². The fourth-order valence-electron chi connectivity index (χ4n) is 4.92. The topological polar surface area (TPSA) is 69.5 Å². The highest BCUT2D eigenvalue weighted by Crippen LogP contribution is 2.50. The number of phenolic OH excluding ortho intramolecular Hbond substituents is 1. The summed E-state index contributed by atoms with van der Waals surface area (Å²) in [6, 6.07) is 4.56. The predicted octanol–water partition coefficient (Wildman–Crippen LogP) is 3.73. The molecule has 2 fully saturated rings. The first kappa shape index (κ1) is 20.1. The predicted molar refractivity (Wildman–Crippen MR) is 101 cm³/mol. The van der Waals surface area contributed by atoms with Crippen molar-refractivity contribution >= 4 is 0 Å². The largest absolute Gasteiger partial charge is 0.507 e. The Kier molecular flexibility index (Phi) is 4.82. The summed E-state index contributed by atoms with van der Waals surface area (Å²) in [5.41, 5.74) is -0.317. The number of aromatic nitrogens is 2. The van der Waals surface area contributed by atoms with Crippen LogP contribution >= 0.6 is 0 Å². The van der Waals surface area contributed by atoms with E-state index < -0.39 is 23.1 Å². The maximum absolute atomic E-state index is 12.8. The Bertz CT molecular complexity index is 934. The molecule has 3 unspecified atom stereocenters. The summed E-state index contributed by atoms with van der Waals surface area (Å²) in [7, 11) is 2.09. The van der Waals surface area contributed by atoms with E-state index in [1.807, 2.05) is 0 Å². The molecule has 1 aliphatic carbocycles. The van der Waals surface area contributed by atoms with Gasteiger partial charge in [0.15, 0.2) is 0 Å². The summed E-state index contributed by atoms with van der Waals surface area (Å²) in [5, 5.41) is 30.0.